The van der Waals surface area contributed by atoms with Gasteiger partial charge in [0.25, 0.3) is 0 Å². The van der Waals surface area contributed by atoms with Gasteiger partial charge in [-0.25, -0.2) is 0 Å². The molecule has 8 aromatic rings. The highest BCUT2D eigenvalue weighted by Crippen LogP contribution is 2.46. The Labute approximate surface area is 230 Å². The van der Waals surface area contributed by atoms with Crippen molar-refractivity contribution in [1.29, 1.82) is 0 Å². The first-order valence-corrected chi connectivity index (χ1v) is 13.9. The van der Waals surface area contributed by atoms with Gasteiger partial charge in [-0.15, -0.1) is 11.3 Å². The zero-order valence-corrected chi connectivity index (χ0v) is 21.9. The third-order valence-electron chi connectivity index (χ3n) is 7.44. The molecule has 0 aliphatic carbocycles. The highest BCUT2D eigenvalue weighted by Gasteiger charge is 2.21. The van der Waals surface area contributed by atoms with Gasteiger partial charge < -0.3 is 9.32 Å². The van der Waals surface area contributed by atoms with Gasteiger partial charge in [0.1, 0.15) is 11.2 Å². The zero-order valence-electron chi connectivity index (χ0n) is 21.0. The van der Waals surface area contributed by atoms with Gasteiger partial charge in [-0.2, -0.15) is 0 Å². The zero-order chi connectivity index (χ0) is 25.8. The highest BCUT2D eigenvalue weighted by atomic mass is 32.1. The van der Waals surface area contributed by atoms with E-state index in [0.29, 0.717) is 0 Å². The van der Waals surface area contributed by atoms with Gasteiger partial charge in [-0.1, -0.05) is 91.0 Å². The van der Waals surface area contributed by atoms with Crippen molar-refractivity contribution < 1.29 is 4.42 Å². The van der Waals surface area contributed by atoms with Crippen molar-refractivity contribution in [3.05, 3.63) is 140 Å². The van der Waals surface area contributed by atoms with E-state index in [1.165, 1.54) is 25.7 Å². The summed E-state index contributed by atoms with van der Waals surface area (Å²) in [5.41, 5.74) is 7.45. The second-order valence-electron chi connectivity index (χ2n) is 9.76. The fourth-order valence-electron chi connectivity index (χ4n) is 5.70. The maximum absolute atomic E-state index is 6.59. The minimum Gasteiger partial charge on any atom is -0.455 e. The van der Waals surface area contributed by atoms with E-state index in [-0.39, 0.29) is 0 Å². The molecule has 0 N–H and O–H groups in total. The van der Waals surface area contributed by atoms with Gasteiger partial charge in [-0.3, -0.25) is 0 Å². The summed E-state index contributed by atoms with van der Waals surface area (Å²) >= 11 is 1.85. The lowest BCUT2D eigenvalue weighted by molar-refractivity contribution is 0.670. The first-order chi connectivity index (χ1) is 19.3. The number of hydrogen-bond acceptors (Lipinski definition) is 3. The van der Waals surface area contributed by atoms with E-state index in [2.05, 4.69) is 138 Å². The summed E-state index contributed by atoms with van der Waals surface area (Å²) in [6, 6.07) is 49.4. The Kier molecular flexibility index (Phi) is 5.04. The molecule has 184 valence electrons. The molecule has 8 rings (SSSR count). The summed E-state index contributed by atoms with van der Waals surface area (Å²) in [5, 5.41) is 4.82. The van der Waals surface area contributed by atoms with E-state index in [4.69, 9.17) is 4.42 Å². The summed E-state index contributed by atoms with van der Waals surface area (Å²) in [4.78, 5) is 2.33. The first-order valence-electron chi connectivity index (χ1n) is 13.1. The van der Waals surface area contributed by atoms with Crippen LogP contribution in [0.4, 0.5) is 17.1 Å². The van der Waals surface area contributed by atoms with Crippen LogP contribution in [0.5, 0.6) is 0 Å². The molecule has 0 saturated heterocycles. The molecule has 0 saturated carbocycles. The minimum absolute atomic E-state index is 0.903. The molecule has 0 bridgehead atoms. The lowest BCUT2D eigenvalue weighted by atomic mass is 9.98. The summed E-state index contributed by atoms with van der Waals surface area (Å²) in [5.74, 6) is 0. The Balaban J connectivity index is 1.48. The number of nitrogens with zero attached hydrogens (tertiary/aromatic N) is 1. The van der Waals surface area contributed by atoms with Crippen molar-refractivity contribution in [2.24, 2.45) is 0 Å². The molecule has 2 aromatic heterocycles. The molecule has 3 heteroatoms. The van der Waals surface area contributed by atoms with Crippen LogP contribution < -0.4 is 4.90 Å². The Morgan fingerprint density at radius 1 is 0.462 bits per heavy atom. The van der Waals surface area contributed by atoms with E-state index in [1.807, 2.05) is 17.4 Å². The van der Waals surface area contributed by atoms with Crippen LogP contribution in [0.2, 0.25) is 0 Å². The molecule has 0 atom stereocenters. The maximum atomic E-state index is 6.59. The van der Waals surface area contributed by atoms with Crippen LogP contribution in [0.15, 0.2) is 144 Å². The van der Waals surface area contributed by atoms with Gasteiger partial charge in [0.2, 0.25) is 0 Å². The Morgan fingerprint density at radius 3 is 1.87 bits per heavy atom. The molecule has 2 nitrogen and oxygen atoms in total. The Bertz CT molecular complexity index is 2080. The van der Waals surface area contributed by atoms with Crippen molar-refractivity contribution in [3.63, 3.8) is 0 Å². The molecule has 2 heterocycles. The highest BCUT2D eigenvalue weighted by molar-refractivity contribution is 7.26. The number of rotatable bonds is 4. The fourth-order valence-corrected chi connectivity index (χ4v) is 6.93. The number of furan rings is 1. The molecular formula is C36H23NOS. The monoisotopic (exact) mass is 517 g/mol. The predicted octanol–water partition coefficient (Wildman–Crippen LogP) is 11.1. The summed E-state index contributed by atoms with van der Waals surface area (Å²) in [6.07, 6.45) is 0. The van der Waals surface area contributed by atoms with Crippen molar-refractivity contribution in [1.82, 2.24) is 0 Å². The SMILES string of the molecule is c1ccc(N(c2ccccc2)c2cc(-c3cccc4c3sc3ccccc34)c3oc4ccccc4c3c2)cc1. The van der Waals surface area contributed by atoms with Crippen LogP contribution in [0, 0.1) is 0 Å². The number of hydrogen-bond donors (Lipinski definition) is 0. The molecule has 0 spiro atoms. The van der Waals surface area contributed by atoms with Gasteiger partial charge >= 0.3 is 0 Å². The smallest absolute Gasteiger partial charge is 0.143 e. The Morgan fingerprint density at radius 2 is 1.10 bits per heavy atom. The van der Waals surface area contributed by atoms with Crippen molar-refractivity contribution in [2.45, 2.75) is 0 Å². The maximum Gasteiger partial charge on any atom is 0.143 e. The van der Waals surface area contributed by atoms with E-state index in [9.17, 15) is 0 Å². The molecule has 0 aliphatic heterocycles. The van der Waals surface area contributed by atoms with Crippen LogP contribution >= 0.6 is 11.3 Å². The van der Waals surface area contributed by atoms with Gasteiger partial charge in [-0.05, 0) is 48.5 Å². The summed E-state index contributed by atoms with van der Waals surface area (Å²) < 4.78 is 9.17. The largest absolute Gasteiger partial charge is 0.455 e. The van der Waals surface area contributed by atoms with Crippen molar-refractivity contribution in [2.75, 3.05) is 4.90 Å². The summed E-state index contributed by atoms with van der Waals surface area (Å²) in [6.45, 7) is 0. The second kappa shape index (κ2) is 8.87. The molecule has 0 fully saturated rings. The fraction of sp³-hybridized carbons (Fsp3) is 0. The van der Waals surface area contributed by atoms with Gasteiger partial charge in [0, 0.05) is 59.1 Å². The number of thiophene rings is 1. The molecule has 39 heavy (non-hydrogen) atoms. The molecule has 0 amide bonds. The average molecular weight is 518 g/mol. The van der Waals surface area contributed by atoms with Crippen LogP contribution in [-0.2, 0) is 0 Å². The average Bonchev–Trinajstić information content (AvgIpc) is 3.57. The molecule has 6 aromatic carbocycles. The lowest BCUT2D eigenvalue weighted by Gasteiger charge is -2.26. The molecule has 0 radical (unpaired) electrons. The number of benzene rings is 6. The molecule has 0 unspecified atom stereocenters. The summed E-state index contributed by atoms with van der Waals surface area (Å²) in [7, 11) is 0. The van der Waals surface area contributed by atoms with Gasteiger partial charge in [0.15, 0.2) is 0 Å². The second-order valence-corrected chi connectivity index (χ2v) is 10.8. The molecule has 0 aliphatic rings. The minimum atomic E-state index is 0.903. The third-order valence-corrected chi connectivity index (χ3v) is 8.66. The lowest BCUT2D eigenvalue weighted by Crippen LogP contribution is -2.09. The van der Waals surface area contributed by atoms with E-state index < -0.39 is 0 Å². The molecular weight excluding hydrogens is 494 g/mol. The van der Waals surface area contributed by atoms with Crippen LogP contribution in [0.1, 0.15) is 0 Å². The van der Waals surface area contributed by atoms with Crippen molar-refractivity contribution >= 4 is 70.5 Å². The van der Waals surface area contributed by atoms with Crippen molar-refractivity contribution in [3.8, 4) is 11.1 Å². The first kappa shape index (κ1) is 22.2. The van der Waals surface area contributed by atoms with Crippen LogP contribution in [0.25, 0.3) is 53.2 Å². The normalized spacial score (nSPS) is 11.6. The number of anilines is 3. The van der Waals surface area contributed by atoms with E-state index in [1.54, 1.807) is 0 Å². The van der Waals surface area contributed by atoms with E-state index in [0.717, 1.165) is 44.6 Å². The quantitative estimate of drug-likeness (QED) is 0.231. The number of fused-ring (bicyclic) bond motifs is 6. The van der Waals surface area contributed by atoms with E-state index >= 15 is 0 Å². The van der Waals surface area contributed by atoms with Crippen LogP contribution in [-0.4, -0.2) is 0 Å². The topological polar surface area (TPSA) is 16.4 Å². The number of para-hydroxylation sites is 3. The van der Waals surface area contributed by atoms with Gasteiger partial charge in [0.05, 0.1) is 0 Å². The standard InChI is InChI=1S/C36H23NOS/c1-3-12-24(13-4-1)37(25-14-5-2-6-15-25)26-22-31-27-16-7-9-20-33(27)38-35(31)32(23-26)30-19-11-18-29-28-17-8-10-21-34(28)39-36(29)30/h1-23H. The van der Waals surface area contributed by atoms with Crippen LogP contribution in [0.3, 0.4) is 0 Å². The Hall–Kier alpha value is -4.86. The predicted molar refractivity (Wildman–Crippen MR) is 167 cm³/mol. The third kappa shape index (κ3) is 3.55.